The Labute approximate surface area is 103 Å². The normalized spacial score (nSPS) is 11.4. The van der Waals surface area contributed by atoms with Gasteiger partial charge in [0.2, 0.25) is 10.0 Å². The minimum atomic E-state index is -3.05. The molecule has 0 aliphatic carbocycles. The van der Waals surface area contributed by atoms with Crippen LogP contribution >= 0.6 is 0 Å². The maximum absolute atomic E-state index is 11.2. The Morgan fingerprint density at radius 3 is 2.35 bits per heavy atom. The zero-order chi connectivity index (χ0) is 12.7. The summed E-state index contributed by atoms with van der Waals surface area (Å²) in [5.41, 5.74) is 1.20. The highest BCUT2D eigenvalue weighted by Crippen LogP contribution is 2.13. The van der Waals surface area contributed by atoms with E-state index in [4.69, 9.17) is 4.74 Å². The van der Waals surface area contributed by atoms with E-state index in [0.29, 0.717) is 6.42 Å². The number of ether oxygens (including phenoxy) is 1. The van der Waals surface area contributed by atoms with Crippen LogP contribution in [0.15, 0.2) is 24.3 Å². The molecule has 96 valence electrons. The standard InChI is InChI=1S/C12H19NO3S/c1-13-17(14,15)10-4-3-5-11-6-8-12(16-2)9-7-11/h6-9,13H,3-5,10H2,1-2H3. The summed E-state index contributed by atoms with van der Waals surface area (Å²) in [7, 11) is 0.0252. The average molecular weight is 257 g/mol. The molecule has 1 aromatic rings. The second kappa shape index (κ2) is 6.61. The van der Waals surface area contributed by atoms with Crippen molar-refractivity contribution in [2.45, 2.75) is 19.3 Å². The molecule has 0 heterocycles. The summed E-state index contributed by atoms with van der Waals surface area (Å²) in [6.07, 6.45) is 2.44. The maximum atomic E-state index is 11.2. The molecule has 0 bridgehead atoms. The van der Waals surface area contributed by atoms with Crippen LogP contribution in [0.2, 0.25) is 0 Å². The van der Waals surface area contributed by atoms with Crippen LogP contribution in [-0.4, -0.2) is 28.3 Å². The fourth-order valence-corrected chi connectivity index (χ4v) is 2.30. The predicted molar refractivity (Wildman–Crippen MR) is 68.8 cm³/mol. The number of hydrogen-bond acceptors (Lipinski definition) is 3. The number of nitrogens with one attached hydrogen (secondary N) is 1. The zero-order valence-electron chi connectivity index (χ0n) is 10.3. The summed E-state index contributed by atoms with van der Waals surface area (Å²) in [6.45, 7) is 0. The quantitative estimate of drug-likeness (QED) is 0.754. The Kier molecular flexibility index (Phi) is 5.44. The summed E-state index contributed by atoms with van der Waals surface area (Å²) in [5, 5.41) is 0. The van der Waals surface area contributed by atoms with Crippen molar-refractivity contribution in [3.63, 3.8) is 0 Å². The van der Waals surface area contributed by atoms with Crippen LogP contribution in [0.3, 0.4) is 0 Å². The molecule has 0 aliphatic heterocycles. The number of sulfonamides is 1. The molecule has 1 aromatic carbocycles. The summed E-state index contributed by atoms with van der Waals surface area (Å²) in [6, 6.07) is 7.84. The van der Waals surface area contributed by atoms with Crippen molar-refractivity contribution in [1.29, 1.82) is 0 Å². The van der Waals surface area contributed by atoms with E-state index in [1.54, 1.807) is 7.11 Å². The third kappa shape index (κ3) is 5.19. The van der Waals surface area contributed by atoms with Crippen LogP contribution in [0.5, 0.6) is 5.75 Å². The van der Waals surface area contributed by atoms with E-state index < -0.39 is 10.0 Å². The molecule has 0 saturated carbocycles. The lowest BCUT2D eigenvalue weighted by atomic mass is 10.1. The Morgan fingerprint density at radius 2 is 1.82 bits per heavy atom. The van der Waals surface area contributed by atoms with E-state index >= 15 is 0 Å². The highest BCUT2D eigenvalue weighted by Gasteiger charge is 2.05. The number of hydrogen-bond donors (Lipinski definition) is 1. The third-order valence-electron chi connectivity index (χ3n) is 2.60. The van der Waals surface area contributed by atoms with Crippen molar-refractivity contribution in [3.8, 4) is 5.75 Å². The summed E-state index contributed by atoms with van der Waals surface area (Å²) in [5.74, 6) is 1.03. The first kappa shape index (κ1) is 14.0. The highest BCUT2D eigenvalue weighted by atomic mass is 32.2. The zero-order valence-corrected chi connectivity index (χ0v) is 11.1. The molecule has 1 rings (SSSR count). The van der Waals surface area contributed by atoms with E-state index in [9.17, 15) is 8.42 Å². The summed E-state index contributed by atoms with van der Waals surface area (Å²) < 4.78 is 29.7. The van der Waals surface area contributed by atoms with Crippen molar-refractivity contribution >= 4 is 10.0 Å². The fraction of sp³-hybridized carbons (Fsp3) is 0.500. The lowest BCUT2D eigenvalue weighted by Gasteiger charge is -2.04. The van der Waals surface area contributed by atoms with E-state index in [-0.39, 0.29) is 5.75 Å². The molecule has 0 unspecified atom stereocenters. The lowest BCUT2D eigenvalue weighted by Crippen LogP contribution is -2.21. The van der Waals surface area contributed by atoms with Crippen LogP contribution in [-0.2, 0) is 16.4 Å². The first-order chi connectivity index (χ1) is 8.07. The molecule has 0 spiro atoms. The van der Waals surface area contributed by atoms with Gasteiger partial charge in [-0.3, -0.25) is 0 Å². The fourth-order valence-electron chi connectivity index (χ4n) is 1.52. The van der Waals surface area contributed by atoms with Crippen LogP contribution in [0.25, 0.3) is 0 Å². The number of rotatable bonds is 7. The molecule has 0 aliphatic rings. The second-order valence-electron chi connectivity index (χ2n) is 3.83. The van der Waals surface area contributed by atoms with Crippen molar-refractivity contribution in [1.82, 2.24) is 4.72 Å². The average Bonchev–Trinajstić information content (AvgIpc) is 2.35. The lowest BCUT2D eigenvalue weighted by molar-refractivity contribution is 0.414. The smallest absolute Gasteiger partial charge is 0.211 e. The van der Waals surface area contributed by atoms with Crippen molar-refractivity contribution in [3.05, 3.63) is 29.8 Å². The third-order valence-corrected chi connectivity index (χ3v) is 4.05. The Hall–Kier alpha value is -1.07. The van der Waals surface area contributed by atoms with Gasteiger partial charge >= 0.3 is 0 Å². The van der Waals surface area contributed by atoms with Gasteiger partial charge in [0.15, 0.2) is 0 Å². The van der Waals surface area contributed by atoms with E-state index in [0.717, 1.165) is 18.6 Å². The molecule has 0 fully saturated rings. The van der Waals surface area contributed by atoms with Crippen LogP contribution in [0.1, 0.15) is 18.4 Å². The number of methoxy groups -OCH3 is 1. The number of aryl methyl sites for hydroxylation is 1. The van der Waals surface area contributed by atoms with Gasteiger partial charge in [0.1, 0.15) is 5.75 Å². The van der Waals surface area contributed by atoms with E-state index in [1.807, 2.05) is 24.3 Å². The number of benzene rings is 1. The Balaban J connectivity index is 2.31. The van der Waals surface area contributed by atoms with Crippen molar-refractivity contribution in [2.75, 3.05) is 19.9 Å². The molecule has 0 amide bonds. The molecule has 0 aromatic heterocycles. The van der Waals surface area contributed by atoms with Gasteiger partial charge in [-0.25, -0.2) is 13.1 Å². The highest BCUT2D eigenvalue weighted by molar-refractivity contribution is 7.89. The van der Waals surface area contributed by atoms with E-state index in [1.165, 1.54) is 12.6 Å². The monoisotopic (exact) mass is 257 g/mol. The van der Waals surface area contributed by atoms with Crippen molar-refractivity contribution < 1.29 is 13.2 Å². The molecule has 5 heteroatoms. The minimum absolute atomic E-state index is 0.194. The van der Waals surface area contributed by atoms with Crippen LogP contribution in [0.4, 0.5) is 0 Å². The topological polar surface area (TPSA) is 55.4 Å². The van der Waals surface area contributed by atoms with Gasteiger partial charge in [0, 0.05) is 0 Å². The van der Waals surface area contributed by atoms with Crippen molar-refractivity contribution in [2.24, 2.45) is 0 Å². The summed E-state index contributed by atoms with van der Waals surface area (Å²) in [4.78, 5) is 0. The van der Waals surface area contributed by atoms with Gasteiger partial charge in [-0.15, -0.1) is 0 Å². The first-order valence-corrected chi connectivity index (χ1v) is 7.27. The van der Waals surface area contributed by atoms with Gasteiger partial charge < -0.3 is 4.74 Å². The maximum Gasteiger partial charge on any atom is 0.211 e. The van der Waals surface area contributed by atoms with Gasteiger partial charge in [-0.2, -0.15) is 0 Å². The molecule has 0 atom stereocenters. The SMILES string of the molecule is CNS(=O)(=O)CCCCc1ccc(OC)cc1. The van der Waals surface area contributed by atoms with E-state index in [2.05, 4.69) is 4.72 Å². The minimum Gasteiger partial charge on any atom is -0.497 e. The van der Waals surface area contributed by atoms with Crippen LogP contribution < -0.4 is 9.46 Å². The Morgan fingerprint density at radius 1 is 1.18 bits per heavy atom. The first-order valence-electron chi connectivity index (χ1n) is 5.61. The second-order valence-corrected chi connectivity index (χ2v) is 5.87. The molecule has 17 heavy (non-hydrogen) atoms. The Bertz CT molecular complexity index is 426. The van der Waals surface area contributed by atoms with Gasteiger partial charge in [-0.1, -0.05) is 12.1 Å². The van der Waals surface area contributed by atoms with Crippen LogP contribution in [0, 0.1) is 0 Å². The molecule has 1 N–H and O–H groups in total. The molecule has 0 saturated heterocycles. The summed E-state index contributed by atoms with van der Waals surface area (Å²) >= 11 is 0. The molecular formula is C12H19NO3S. The molecule has 4 nitrogen and oxygen atoms in total. The number of unbranched alkanes of at least 4 members (excludes halogenated alkanes) is 1. The van der Waals surface area contributed by atoms with Gasteiger partial charge in [-0.05, 0) is 44.0 Å². The van der Waals surface area contributed by atoms with Gasteiger partial charge in [0.25, 0.3) is 0 Å². The predicted octanol–water partition coefficient (Wildman–Crippen LogP) is 1.57. The molecular weight excluding hydrogens is 238 g/mol. The van der Waals surface area contributed by atoms with Gasteiger partial charge in [0.05, 0.1) is 12.9 Å². The largest absolute Gasteiger partial charge is 0.497 e. The molecule has 0 radical (unpaired) electrons.